The summed E-state index contributed by atoms with van der Waals surface area (Å²) in [5.74, 6) is 0.0977. The molecule has 0 saturated carbocycles. The van der Waals surface area contributed by atoms with Crippen LogP contribution in [0.2, 0.25) is 5.02 Å². The summed E-state index contributed by atoms with van der Waals surface area (Å²) in [5, 5.41) is 1.47. The largest absolute Gasteiger partial charge is 0.338 e. The summed E-state index contributed by atoms with van der Waals surface area (Å²) < 4.78 is 0. The quantitative estimate of drug-likeness (QED) is 0.837. The fraction of sp³-hybridized carbons (Fsp3) is 0.333. The average molecular weight is 307 g/mol. The van der Waals surface area contributed by atoms with E-state index in [1.165, 1.54) is 17.8 Å². The van der Waals surface area contributed by atoms with Gasteiger partial charge < -0.3 is 4.90 Å². The maximum atomic E-state index is 12.4. The fourth-order valence-electron chi connectivity index (χ4n) is 2.38. The molecule has 0 radical (unpaired) electrons. The molecule has 1 aliphatic rings. The molecule has 1 aromatic heterocycles. The molecule has 104 valence electrons. The number of carbonyl (C=O) groups is 1. The molecule has 2 heterocycles. The number of likely N-dealkylation sites (tertiary alicyclic amines) is 1. The minimum absolute atomic E-state index is 0.0977. The fourth-order valence-corrected chi connectivity index (χ4v) is 3.59. The van der Waals surface area contributed by atoms with Gasteiger partial charge >= 0.3 is 0 Å². The normalized spacial score (nSPS) is 15.3. The van der Waals surface area contributed by atoms with Crippen LogP contribution >= 0.6 is 22.9 Å². The second-order valence-electron chi connectivity index (χ2n) is 4.86. The van der Waals surface area contributed by atoms with Crippen molar-refractivity contribution < 1.29 is 4.79 Å². The van der Waals surface area contributed by atoms with Crippen molar-refractivity contribution >= 4 is 28.8 Å². The second kappa shape index (κ2) is 5.94. The second-order valence-corrected chi connectivity index (χ2v) is 6.30. The highest BCUT2D eigenvalue weighted by Crippen LogP contribution is 2.31. The third kappa shape index (κ3) is 2.72. The van der Waals surface area contributed by atoms with Crippen molar-refractivity contribution in [2.75, 3.05) is 13.1 Å². The molecule has 3 nitrogen and oxygen atoms in total. The van der Waals surface area contributed by atoms with E-state index in [9.17, 15) is 4.79 Å². The molecule has 1 aromatic carbocycles. The van der Waals surface area contributed by atoms with Crippen molar-refractivity contribution in [3.05, 3.63) is 40.4 Å². The lowest BCUT2D eigenvalue weighted by atomic mass is 10.1. The number of benzene rings is 1. The topological polar surface area (TPSA) is 33.2 Å². The van der Waals surface area contributed by atoms with E-state index in [1.54, 1.807) is 6.20 Å². The third-order valence-corrected chi connectivity index (χ3v) is 4.81. The molecule has 0 bridgehead atoms. The van der Waals surface area contributed by atoms with Gasteiger partial charge in [0.1, 0.15) is 9.88 Å². The van der Waals surface area contributed by atoms with Crippen LogP contribution < -0.4 is 0 Å². The van der Waals surface area contributed by atoms with Gasteiger partial charge in [-0.2, -0.15) is 0 Å². The Morgan fingerprint density at radius 3 is 2.70 bits per heavy atom. The zero-order valence-electron chi connectivity index (χ0n) is 11.0. The minimum Gasteiger partial charge on any atom is -0.338 e. The average Bonchev–Trinajstić information content (AvgIpc) is 2.97. The molecule has 2 aromatic rings. The lowest BCUT2D eigenvalue weighted by Crippen LogP contribution is -2.35. The van der Waals surface area contributed by atoms with Crippen LogP contribution in [0.5, 0.6) is 0 Å². The lowest BCUT2D eigenvalue weighted by Gasteiger charge is -2.25. The molecule has 3 rings (SSSR count). The van der Waals surface area contributed by atoms with E-state index >= 15 is 0 Å². The number of hydrogen-bond donors (Lipinski definition) is 0. The predicted octanol–water partition coefficient (Wildman–Crippen LogP) is 4.09. The minimum atomic E-state index is 0.0977. The summed E-state index contributed by atoms with van der Waals surface area (Å²) in [5.41, 5.74) is 0.886. The van der Waals surface area contributed by atoms with Gasteiger partial charge in [0.15, 0.2) is 0 Å². The van der Waals surface area contributed by atoms with Crippen LogP contribution in [0, 0.1) is 0 Å². The van der Waals surface area contributed by atoms with Crippen LogP contribution in [-0.4, -0.2) is 28.9 Å². The molecule has 5 heteroatoms. The number of amides is 1. The molecule has 1 saturated heterocycles. The Morgan fingerprint density at radius 1 is 1.20 bits per heavy atom. The molecule has 1 aliphatic heterocycles. The van der Waals surface area contributed by atoms with Crippen molar-refractivity contribution in [1.82, 2.24) is 9.88 Å². The highest BCUT2D eigenvalue weighted by molar-refractivity contribution is 7.17. The number of hydrogen-bond acceptors (Lipinski definition) is 3. The number of rotatable bonds is 2. The van der Waals surface area contributed by atoms with Gasteiger partial charge in [-0.3, -0.25) is 4.79 Å². The molecule has 1 amide bonds. The van der Waals surface area contributed by atoms with E-state index < -0.39 is 0 Å². The van der Waals surface area contributed by atoms with Crippen LogP contribution in [0.15, 0.2) is 30.5 Å². The molecule has 0 aliphatic carbocycles. The predicted molar refractivity (Wildman–Crippen MR) is 82.3 cm³/mol. The van der Waals surface area contributed by atoms with Crippen LogP contribution in [0.1, 0.15) is 28.9 Å². The van der Waals surface area contributed by atoms with Gasteiger partial charge in [-0.15, -0.1) is 11.3 Å². The van der Waals surface area contributed by atoms with Crippen molar-refractivity contribution in [3.8, 4) is 10.6 Å². The Morgan fingerprint density at radius 2 is 1.95 bits per heavy atom. The first-order valence-electron chi connectivity index (χ1n) is 6.76. The zero-order chi connectivity index (χ0) is 13.9. The van der Waals surface area contributed by atoms with Gasteiger partial charge in [-0.05, 0) is 25.3 Å². The maximum Gasteiger partial charge on any atom is 0.265 e. The van der Waals surface area contributed by atoms with E-state index in [0.717, 1.165) is 36.5 Å². The maximum absolute atomic E-state index is 12.4. The molecule has 0 unspecified atom stereocenters. The summed E-state index contributed by atoms with van der Waals surface area (Å²) in [6, 6.07) is 7.58. The van der Waals surface area contributed by atoms with Gasteiger partial charge in [0.05, 0.1) is 11.2 Å². The molecule has 1 fully saturated rings. The monoisotopic (exact) mass is 306 g/mol. The summed E-state index contributed by atoms with van der Waals surface area (Å²) >= 11 is 7.58. The number of thiazole rings is 1. The number of nitrogens with zero attached hydrogens (tertiary/aromatic N) is 2. The summed E-state index contributed by atoms with van der Waals surface area (Å²) in [6.45, 7) is 1.72. The first-order chi connectivity index (χ1) is 9.75. The third-order valence-electron chi connectivity index (χ3n) is 3.46. The van der Waals surface area contributed by atoms with Gasteiger partial charge in [0, 0.05) is 18.7 Å². The van der Waals surface area contributed by atoms with Gasteiger partial charge in [0.2, 0.25) is 0 Å². The van der Waals surface area contributed by atoms with E-state index in [-0.39, 0.29) is 5.91 Å². The Bertz CT molecular complexity index is 620. The molecular formula is C15H15ClN2OS. The molecule has 20 heavy (non-hydrogen) atoms. The Kier molecular flexibility index (Phi) is 4.03. The van der Waals surface area contributed by atoms with Crippen LogP contribution in [-0.2, 0) is 0 Å². The molecular weight excluding hydrogens is 292 g/mol. The van der Waals surface area contributed by atoms with Crippen molar-refractivity contribution in [2.45, 2.75) is 19.3 Å². The Hall–Kier alpha value is -1.39. The first kappa shape index (κ1) is 13.6. The molecule has 0 spiro atoms. The number of piperidine rings is 1. The van der Waals surface area contributed by atoms with E-state index in [0.29, 0.717) is 9.90 Å². The van der Waals surface area contributed by atoms with Gasteiger partial charge in [-0.25, -0.2) is 4.98 Å². The van der Waals surface area contributed by atoms with E-state index in [4.69, 9.17) is 11.6 Å². The van der Waals surface area contributed by atoms with E-state index in [1.807, 2.05) is 29.2 Å². The summed E-state index contributed by atoms with van der Waals surface area (Å²) in [7, 11) is 0. The van der Waals surface area contributed by atoms with Gasteiger partial charge in [0.25, 0.3) is 5.91 Å². The van der Waals surface area contributed by atoms with Crippen LogP contribution in [0.4, 0.5) is 0 Å². The van der Waals surface area contributed by atoms with Gasteiger partial charge in [-0.1, -0.05) is 29.8 Å². The standard InChI is InChI=1S/C15H15ClN2OS/c16-12-7-3-2-6-11(12)14-17-10-13(20-14)15(19)18-8-4-1-5-9-18/h2-3,6-7,10H,1,4-5,8-9H2. The van der Waals surface area contributed by atoms with Crippen LogP contribution in [0.3, 0.4) is 0 Å². The Balaban J connectivity index is 1.83. The van der Waals surface area contributed by atoms with E-state index in [2.05, 4.69) is 4.98 Å². The summed E-state index contributed by atoms with van der Waals surface area (Å²) in [6.07, 6.45) is 5.08. The smallest absolute Gasteiger partial charge is 0.265 e. The number of carbonyl (C=O) groups excluding carboxylic acids is 1. The molecule has 0 atom stereocenters. The van der Waals surface area contributed by atoms with Crippen molar-refractivity contribution in [2.24, 2.45) is 0 Å². The molecule has 0 N–H and O–H groups in total. The van der Waals surface area contributed by atoms with Crippen LogP contribution in [0.25, 0.3) is 10.6 Å². The SMILES string of the molecule is O=C(c1cnc(-c2ccccc2Cl)s1)N1CCCCC1. The zero-order valence-corrected chi connectivity index (χ0v) is 12.6. The Labute approximate surface area is 127 Å². The summed E-state index contributed by atoms with van der Waals surface area (Å²) in [4.78, 5) is 19.4. The van der Waals surface area contributed by atoms with Crippen molar-refractivity contribution in [1.29, 1.82) is 0 Å². The number of halogens is 1. The highest BCUT2D eigenvalue weighted by atomic mass is 35.5. The van der Waals surface area contributed by atoms with Crippen molar-refractivity contribution in [3.63, 3.8) is 0 Å². The first-order valence-corrected chi connectivity index (χ1v) is 7.95. The number of aromatic nitrogens is 1. The lowest BCUT2D eigenvalue weighted by molar-refractivity contribution is 0.0729. The highest BCUT2D eigenvalue weighted by Gasteiger charge is 2.20.